The van der Waals surface area contributed by atoms with E-state index in [1.807, 2.05) is 12.1 Å². The summed E-state index contributed by atoms with van der Waals surface area (Å²) in [4.78, 5) is 41.2. The molecule has 35 heavy (non-hydrogen) atoms. The summed E-state index contributed by atoms with van der Waals surface area (Å²) in [5.41, 5.74) is 10.9. The minimum atomic E-state index is -1.45. The van der Waals surface area contributed by atoms with Gasteiger partial charge in [0.25, 0.3) is 0 Å². The van der Waals surface area contributed by atoms with Gasteiger partial charge in [-0.15, -0.1) is 0 Å². The number of carbonyl (C=O) groups is 3. The number of methoxy groups -OCH3 is 3. The highest BCUT2D eigenvalue weighted by atomic mass is 16.5. The molecule has 2 aliphatic rings. The number of hydrogen-bond acceptors (Lipinski definition) is 6. The fourth-order valence-corrected chi connectivity index (χ4v) is 5.99. The Balaban J connectivity index is 2.16. The first kappa shape index (κ1) is 26.6. The summed E-state index contributed by atoms with van der Waals surface area (Å²) in [5.74, 6) is -1.58. The Kier molecular flexibility index (Phi) is 8.51. The summed E-state index contributed by atoms with van der Waals surface area (Å²) in [5, 5.41) is 0. The highest BCUT2D eigenvalue weighted by Crippen LogP contribution is 2.46. The Morgan fingerprint density at radius 3 is 2.03 bits per heavy atom. The average Bonchev–Trinajstić information content (AvgIpc) is 2.87. The van der Waals surface area contributed by atoms with Gasteiger partial charge in [0.2, 0.25) is 23.5 Å². The van der Waals surface area contributed by atoms with Crippen LogP contribution in [0.15, 0.2) is 12.1 Å². The van der Waals surface area contributed by atoms with Gasteiger partial charge in [-0.25, -0.2) is 0 Å². The van der Waals surface area contributed by atoms with E-state index in [9.17, 15) is 14.4 Å². The molecule has 9 heteroatoms. The predicted molar refractivity (Wildman–Crippen MR) is 131 cm³/mol. The minimum Gasteiger partial charge on any atom is -0.493 e. The van der Waals surface area contributed by atoms with Crippen molar-refractivity contribution >= 4 is 17.7 Å². The quantitative estimate of drug-likeness (QED) is 0.548. The van der Waals surface area contributed by atoms with Crippen LogP contribution in [0.5, 0.6) is 17.2 Å². The molecular weight excluding hydrogens is 450 g/mol. The number of likely N-dealkylation sites (tertiary alicyclic amines) is 1. The maximum atomic E-state index is 14.5. The molecule has 0 spiro atoms. The maximum Gasteiger partial charge on any atom is 0.244 e. The van der Waals surface area contributed by atoms with E-state index in [2.05, 4.69) is 0 Å². The molecule has 1 aromatic carbocycles. The van der Waals surface area contributed by atoms with Gasteiger partial charge >= 0.3 is 0 Å². The standard InChI is InChI=1S/C26H39N3O6/c1-16(23(27)30)26(25(28)32)12-8-9-13-29(26)24(31)21(17-10-6-5-7-11-17)18-14-19(33-2)22(35-4)20(15-18)34-3/h14-17,21H,5-13H2,1-4H3,(H2,27,30)(H2,28,32)/t16-,21-,26?/m0/s1. The van der Waals surface area contributed by atoms with E-state index >= 15 is 0 Å². The van der Waals surface area contributed by atoms with Crippen LogP contribution in [0.2, 0.25) is 0 Å². The third-order valence-corrected chi connectivity index (χ3v) is 7.94. The number of nitrogens with zero attached hydrogens (tertiary/aromatic N) is 1. The second-order valence-corrected chi connectivity index (χ2v) is 9.69. The normalized spacial score (nSPS) is 22.7. The van der Waals surface area contributed by atoms with Gasteiger partial charge in [0, 0.05) is 6.54 Å². The molecule has 1 unspecified atom stereocenters. The van der Waals surface area contributed by atoms with Crippen molar-refractivity contribution in [2.75, 3.05) is 27.9 Å². The first-order chi connectivity index (χ1) is 16.7. The van der Waals surface area contributed by atoms with Crippen molar-refractivity contribution in [3.63, 3.8) is 0 Å². The fourth-order valence-electron chi connectivity index (χ4n) is 5.99. The van der Waals surface area contributed by atoms with Crippen molar-refractivity contribution in [2.24, 2.45) is 23.3 Å². The van der Waals surface area contributed by atoms with Crippen LogP contribution in [-0.4, -0.2) is 56.0 Å². The smallest absolute Gasteiger partial charge is 0.244 e. The van der Waals surface area contributed by atoms with Crippen molar-refractivity contribution in [1.29, 1.82) is 0 Å². The average molecular weight is 490 g/mol. The third-order valence-electron chi connectivity index (χ3n) is 7.94. The van der Waals surface area contributed by atoms with Crippen LogP contribution in [0.4, 0.5) is 0 Å². The molecule has 2 fully saturated rings. The molecule has 1 aliphatic heterocycles. The molecule has 1 saturated heterocycles. The van der Waals surface area contributed by atoms with E-state index in [1.165, 1.54) is 21.3 Å². The van der Waals surface area contributed by atoms with Gasteiger partial charge in [0.1, 0.15) is 5.54 Å². The van der Waals surface area contributed by atoms with E-state index < -0.39 is 29.2 Å². The maximum absolute atomic E-state index is 14.5. The largest absolute Gasteiger partial charge is 0.493 e. The first-order valence-corrected chi connectivity index (χ1v) is 12.4. The number of amides is 3. The van der Waals surface area contributed by atoms with Crippen LogP contribution in [0, 0.1) is 11.8 Å². The molecule has 0 radical (unpaired) electrons. The fraction of sp³-hybridized carbons (Fsp3) is 0.654. The highest BCUT2D eigenvalue weighted by Gasteiger charge is 2.54. The molecule has 1 saturated carbocycles. The lowest BCUT2D eigenvalue weighted by Crippen LogP contribution is -2.67. The SMILES string of the molecule is COc1cc([C@@H](C(=O)N2CCCCC2(C(N)=O)[C@@H](C)C(N)=O)C2CCCCC2)cc(OC)c1OC. The van der Waals surface area contributed by atoms with Crippen LogP contribution in [0.25, 0.3) is 0 Å². The van der Waals surface area contributed by atoms with E-state index in [0.29, 0.717) is 36.6 Å². The van der Waals surface area contributed by atoms with Crippen LogP contribution < -0.4 is 25.7 Å². The molecule has 3 atom stereocenters. The lowest BCUT2D eigenvalue weighted by Gasteiger charge is -2.49. The van der Waals surface area contributed by atoms with Gasteiger partial charge in [0.15, 0.2) is 11.5 Å². The zero-order valence-electron chi connectivity index (χ0n) is 21.3. The number of nitrogens with two attached hydrogens (primary N) is 2. The van der Waals surface area contributed by atoms with Gasteiger partial charge in [-0.05, 0) is 55.7 Å². The van der Waals surface area contributed by atoms with Crippen molar-refractivity contribution in [3.05, 3.63) is 17.7 Å². The lowest BCUT2D eigenvalue weighted by molar-refractivity contribution is -0.158. The molecule has 4 N–H and O–H groups in total. The van der Waals surface area contributed by atoms with Crippen LogP contribution in [0.1, 0.15) is 69.8 Å². The van der Waals surface area contributed by atoms with E-state index in [4.69, 9.17) is 25.7 Å². The number of piperidine rings is 1. The summed E-state index contributed by atoms with van der Waals surface area (Å²) >= 11 is 0. The molecule has 1 aliphatic carbocycles. The van der Waals surface area contributed by atoms with E-state index in [0.717, 1.165) is 44.1 Å². The molecule has 0 aromatic heterocycles. The van der Waals surface area contributed by atoms with E-state index in [1.54, 1.807) is 11.8 Å². The number of ether oxygens (including phenoxy) is 3. The van der Waals surface area contributed by atoms with Crippen molar-refractivity contribution < 1.29 is 28.6 Å². The second kappa shape index (κ2) is 11.2. The molecule has 3 amide bonds. The van der Waals surface area contributed by atoms with E-state index in [-0.39, 0.29) is 11.8 Å². The summed E-state index contributed by atoms with van der Waals surface area (Å²) in [6.45, 7) is 1.93. The Labute approximate surface area is 207 Å². The monoisotopic (exact) mass is 489 g/mol. The van der Waals surface area contributed by atoms with Crippen molar-refractivity contribution in [1.82, 2.24) is 4.90 Å². The molecule has 194 valence electrons. The Bertz CT molecular complexity index is 920. The number of carbonyl (C=O) groups excluding carboxylic acids is 3. The summed E-state index contributed by atoms with van der Waals surface area (Å²) in [6.07, 6.45) is 6.66. The molecule has 9 nitrogen and oxygen atoms in total. The summed E-state index contributed by atoms with van der Waals surface area (Å²) in [6, 6.07) is 3.62. The predicted octanol–water partition coefficient (Wildman–Crippen LogP) is 2.73. The van der Waals surface area contributed by atoms with Crippen LogP contribution in [0.3, 0.4) is 0 Å². The number of rotatable bonds is 9. The van der Waals surface area contributed by atoms with Gasteiger partial charge < -0.3 is 30.6 Å². The summed E-state index contributed by atoms with van der Waals surface area (Å²) < 4.78 is 16.6. The molecule has 0 bridgehead atoms. The van der Waals surface area contributed by atoms with Gasteiger partial charge in [-0.1, -0.05) is 26.2 Å². The van der Waals surface area contributed by atoms with Crippen LogP contribution in [-0.2, 0) is 14.4 Å². The Morgan fingerprint density at radius 2 is 1.54 bits per heavy atom. The topological polar surface area (TPSA) is 134 Å². The Hall–Kier alpha value is -2.97. The molecule has 1 heterocycles. The molecular formula is C26H39N3O6. The zero-order valence-corrected chi connectivity index (χ0v) is 21.3. The van der Waals surface area contributed by atoms with Gasteiger partial charge in [-0.3, -0.25) is 14.4 Å². The zero-order chi connectivity index (χ0) is 25.8. The Morgan fingerprint density at radius 1 is 0.943 bits per heavy atom. The van der Waals surface area contributed by atoms with Crippen molar-refractivity contribution in [3.8, 4) is 17.2 Å². The first-order valence-electron chi connectivity index (χ1n) is 12.4. The number of hydrogen-bond donors (Lipinski definition) is 2. The molecule has 1 aromatic rings. The number of primary amides is 2. The third kappa shape index (κ3) is 4.90. The second-order valence-electron chi connectivity index (χ2n) is 9.69. The lowest BCUT2D eigenvalue weighted by atomic mass is 9.72. The van der Waals surface area contributed by atoms with Crippen LogP contribution >= 0.6 is 0 Å². The van der Waals surface area contributed by atoms with Crippen molar-refractivity contribution in [2.45, 2.75) is 69.7 Å². The molecule has 3 rings (SSSR count). The summed E-state index contributed by atoms with van der Waals surface area (Å²) in [7, 11) is 4.61. The van der Waals surface area contributed by atoms with Gasteiger partial charge in [-0.2, -0.15) is 0 Å². The minimum absolute atomic E-state index is 0.0652. The number of benzene rings is 1. The highest BCUT2D eigenvalue weighted by molar-refractivity contribution is 5.97. The van der Waals surface area contributed by atoms with Gasteiger partial charge in [0.05, 0.1) is 33.2 Å².